The van der Waals surface area contributed by atoms with Crippen molar-refractivity contribution in [1.29, 1.82) is 0 Å². The Morgan fingerprint density at radius 3 is 2.80 bits per heavy atom. The van der Waals surface area contributed by atoms with Gasteiger partial charge in [0.05, 0.1) is 5.75 Å². The Labute approximate surface area is 153 Å². The number of ether oxygens (including phenoxy) is 1. The van der Waals surface area contributed by atoms with E-state index in [4.69, 9.17) is 4.74 Å². The summed E-state index contributed by atoms with van der Waals surface area (Å²) in [5.74, 6) is 0.889. The van der Waals surface area contributed by atoms with Gasteiger partial charge in [-0.25, -0.2) is 4.68 Å². The van der Waals surface area contributed by atoms with Crippen LogP contribution < -0.4 is 0 Å². The van der Waals surface area contributed by atoms with Crippen LogP contribution in [-0.2, 0) is 17.8 Å². The number of hydrogen-bond donors (Lipinski definition) is 0. The van der Waals surface area contributed by atoms with Crippen LogP contribution >= 0.6 is 11.8 Å². The fourth-order valence-electron chi connectivity index (χ4n) is 2.76. The highest BCUT2D eigenvalue weighted by Gasteiger charge is 2.17. The summed E-state index contributed by atoms with van der Waals surface area (Å²) in [4.78, 5) is 12.7. The molecule has 0 aliphatic carbocycles. The molecule has 0 N–H and O–H groups in total. The van der Waals surface area contributed by atoms with Crippen molar-refractivity contribution in [2.45, 2.75) is 52.4 Å². The van der Waals surface area contributed by atoms with Crippen molar-refractivity contribution in [2.75, 3.05) is 19.5 Å². The summed E-state index contributed by atoms with van der Waals surface area (Å²) < 4.78 is 9.05. The summed E-state index contributed by atoms with van der Waals surface area (Å²) in [6.45, 7) is 10.6. The molecule has 7 nitrogen and oxygen atoms in total. The molecule has 0 aromatic carbocycles. The van der Waals surface area contributed by atoms with Crippen LogP contribution in [0.5, 0.6) is 0 Å². The molecule has 0 bridgehead atoms. The topological polar surface area (TPSA) is 74.8 Å². The van der Waals surface area contributed by atoms with Crippen LogP contribution in [0.2, 0.25) is 0 Å². The molecule has 0 aliphatic rings. The summed E-state index contributed by atoms with van der Waals surface area (Å²) in [7, 11) is 1.70. The molecule has 0 amide bonds. The number of tetrazole rings is 1. The minimum Gasteiger partial charge on any atom is -0.385 e. The van der Waals surface area contributed by atoms with E-state index in [0.29, 0.717) is 23.4 Å². The molecule has 2 aromatic rings. The Hall–Kier alpha value is -1.67. The average molecular weight is 366 g/mol. The molecule has 0 fully saturated rings. The van der Waals surface area contributed by atoms with E-state index in [9.17, 15) is 4.79 Å². The molecule has 2 aromatic heterocycles. The maximum absolute atomic E-state index is 12.7. The number of hydrogen-bond acceptors (Lipinski definition) is 6. The zero-order chi connectivity index (χ0) is 18.4. The summed E-state index contributed by atoms with van der Waals surface area (Å²) in [6, 6.07) is 1.97. The molecular weight excluding hydrogens is 338 g/mol. The zero-order valence-corrected chi connectivity index (χ0v) is 16.5. The SMILES string of the molecule is COCCCn1c(C)cc(C(=O)CSc2nnnn2CC(C)C)c1C. The van der Waals surface area contributed by atoms with E-state index in [2.05, 4.69) is 33.9 Å². The summed E-state index contributed by atoms with van der Waals surface area (Å²) >= 11 is 1.39. The monoisotopic (exact) mass is 365 g/mol. The van der Waals surface area contributed by atoms with Crippen LogP contribution in [0.15, 0.2) is 11.2 Å². The number of methoxy groups -OCH3 is 1. The normalized spacial score (nSPS) is 11.4. The fraction of sp³-hybridized carbons (Fsp3) is 0.647. The lowest BCUT2D eigenvalue weighted by Crippen LogP contribution is -2.10. The molecule has 0 saturated carbocycles. The van der Waals surface area contributed by atoms with Crippen LogP contribution in [0.25, 0.3) is 0 Å². The van der Waals surface area contributed by atoms with Gasteiger partial charge in [0, 0.05) is 43.8 Å². The molecule has 0 saturated heterocycles. The standard InChI is InChI=1S/C17H27N5O2S/c1-12(2)10-22-17(18-19-20-22)25-11-16(23)15-9-13(3)21(14(15)4)7-6-8-24-5/h9,12H,6-8,10-11H2,1-5H3. The zero-order valence-electron chi connectivity index (χ0n) is 15.7. The van der Waals surface area contributed by atoms with Crippen molar-refractivity contribution < 1.29 is 9.53 Å². The fourth-order valence-corrected chi connectivity index (χ4v) is 3.53. The Bertz CT molecular complexity index is 708. The lowest BCUT2D eigenvalue weighted by Gasteiger charge is -2.09. The molecular formula is C17H27N5O2S. The predicted octanol–water partition coefficient (Wildman–Crippen LogP) is 2.76. The molecule has 0 aliphatic heterocycles. The van der Waals surface area contributed by atoms with Crippen LogP contribution in [-0.4, -0.2) is 50.0 Å². The molecule has 2 rings (SSSR count). The summed E-state index contributed by atoms with van der Waals surface area (Å²) in [5, 5.41) is 12.4. The van der Waals surface area contributed by atoms with Crippen molar-refractivity contribution in [3.05, 3.63) is 23.0 Å². The molecule has 2 heterocycles. The Kier molecular flexibility index (Phi) is 7.19. The van der Waals surface area contributed by atoms with Gasteiger partial charge in [-0.1, -0.05) is 25.6 Å². The molecule has 0 spiro atoms. The molecule has 8 heteroatoms. The highest BCUT2D eigenvalue weighted by atomic mass is 32.2. The third-order valence-corrected chi connectivity index (χ3v) is 4.93. The number of rotatable bonds is 10. The molecule has 138 valence electrons. The van der Waals surface area contributed by atoms with E-state index in [1.807, 2.05) is 19.9 Å². The molecule has 25 heavy (non-hydrogen) atoms. The van der Waals surface area contributed by atoms with E-state index < -0.39 is 0 Å². The minimum absolute atomic E-state index is 0.107. The first-order valence-electron chi connectivity index (χ1n) is 8.51. The highest BCUT2D eigenvalue weighted by molar-refractivity contribution is 7.99. The minimum atomic E-state index is 0.107. The second-order valence-corrected chi connectivity index (χ2v) is 7.47. The first-order valence-corrected chi connectivity index (χ1v) is 9.50. The van der Waals surface area contributed by atoms with E-state index in [1.54, 1.807) is 11.8 Å². The largest absolute Gasteiger partial charge is 0.385 e. The third-order valence-electron chi connectivity index (χ3n) is 3.97. The molecule has 0 radical (unpaired) electrons. The van der Waals surface area contributed by atoms with Crippen LogP contribution in [0.3, 0.4) is 0 Å². The number of aromatic nitrogens is 5. The van der Waals surface area contributed by atoms with Crippen molar-refractivity contribution in [2.24, 2.45) is 5.92 Å². The smallest absolute Gasteiger partial charge is 0.209 e. The van der Waals surface area contributed by atoms with Gasteiger partial charge < -0.3 is 9.30 Å². The van der Waals surface area contributed by atoms with Gasteiger partial charge in [0.2, 0.25) is 5.16 Å². The lowest BCUT2D eigenvalue weighted by atomic mass is 10.2. The number of carbonyl (C=O) groups is 1. The van der Waals surface area contributed by atoms with Crippen molar-refractivity contribution in [3.63, 3.8) is 0 Å². The van der Waals surface area contributed by atoms with E-state index >= 15 is 0 Å². The Morgan fingerprint density at radius 2 is 2.12 bits per heavy atom. The Morgan fingerprint density at radius 1 is 1.36 bits per heavy atom. The van der Waals surface area contributed by atoms with Crippen molar-refractivity contribution >= 4 is 17.5 Å². The van der Waals surface area contributed by atoms with Crippen molar-refractivity contribution in [1.82, 2.24) is 24.8 Å². The molecule has 0 unspecified atom stereocenters. The van der Waals surface area contributed by atoms with Gasteiger partial charge in [0.1, 0.15) is 0 Å². The van der Waals surface area contributed by atoms with Gasteiger partial charge >= 0.3 is 0 Å². The van der Waals surface area contributed by atoms with Gasteiger partial charge in [-0.05, 0) is 42.7 Å². The second-order valence-electron chi connectivity index (χ2n) is 6.53. The van der Waals surface area contributed by atoms with E-state index in [1.165, 1.54) is 11.8 Å². The summed E-state index contributed by atoms with van der Waals surface area (Å²) in [6.07, 6.45) is 0.930. The maximum Gasteiger partial charge on any atom is 0.209 e. The summed E-state index contributed by atoms with van der Waals surface area (Å²) in [5.41, 5.74) is 2.90. The van der Waals surface area contributed by atoms with E-state index in [-0.39, 0.29) is 5.78 Å². The first kappa shape index (κ1) is 19.7. The number of thioether (sulfide) groups is 1. The van der Waals surface area contributed by atoms with Gasteiger partial charge in [-0.3, -0.25) is 4.79 Å². The number of nitrogens with zero attached hydrogens (tertiary/aromatic N) is 5. The second kappa shape index (κ2) is 9.15. The average Bonchev–Trinajstić information content (AvgIpc) is 3.10. The van der Waals surface area contributed by atoms with Gasteiger partial charge in [0.15, 0.2) is 5.78 Å². The van der Waals surface area contributed by atoms with Crippen LogP contribution in [0.1, 0.15) is 42.0 Å². The quantitative estimate of drug-likeness (QED) is 0.366. The number of ketones is 1. The van der Waals surface area contributed by atoms with Gasteiger partial charge in [-0.2, -0.15) is 0 Å². The van der Waals surface area contributed by atoms with E-state index in [0.717, 1.165) is 36.5 Å². The lowest BCUT2D eigenvalue weighted by molar-refractivity contribution is 0.102. The molecule has 0 atom stereocenters. The third kappa shape index (κ3) is 5.15. The first-order chi connectivity index (χ1) is 11.9. The predicted molar refractivity (Wildman–Crippen MR) is 98.1 cm³/mol. The number of carbonyl (C=O) groups excluding carboxylic acids is 1. The Balaban J connectivity index is 2.02. The number of aryl methyl sites for hydroxylation is 1. The maximum atomic E-state index is 12.7. The van der Waals surface area contributed by atoms with Crippen LogP contribution in [0.4, 0.5) is 0 Å². The van der Waals surface area contributed by atoms with Gasteiger partial charge in [-0.15, -0.1) is 5.10 Å². The van der Waals surface area contributed by atoms with Gasteiger partial charge in [0.25, 0.3) is 0 Å². The van der Waals surface area contributed by atoms with Crippen molar-refractivity contribution in [3.8, 4) is 0 Å². The van der Waals surface area contributed by atoms with Crippen LogP contribution in [0, 0.1) is 19.8 Å². The highest BCUT2D eigenvalue weighted by Crippen LogP contribution is 2.21. The number of Topliss-reactive ketones (excluding diaryl/α,β-unsaturated/α-hetero) is 1.